The summed E-state index contributed by atoms with van der Waals surface area (Å²) in [5.74, 6) is 0.780. The SMILES string of the molecule is CC(C)N1CC(=O)NCCCCCOc2ccc(CCC(=O)N(C)CC(O)CO)cc2C1. The van der Waals surface area contributed by atoms with E-state index in [1.165, 1.54) is 4.90 Å². The van der Waals surface area contributed by atoms with E-state index < -0.39 is 6.10 Å². The molecule has 2 amide bonds. The maximum atomic E-state index is 12.4. The maximum Gasteiger partial charge on any atom is 0.234 e. The lowest BCUT2D eigenvalue weighted by atomic mass is 10.0. The Hall–Kier alpha value is -2.16. The molecule has 1 aromatic carbocycles. The third kappa shape index (κ3) is 8.76. The second-order valence-electron chi connectivity index (χ2n) is 8.81. The molecular weight excluding hydrogens is 410 g/mol. The van der Waals surface area contributed by atoms with Crippen molar-refractivity contribution in [3.8, 4) is 5.75 Å². The highest BCUT2D eigenvalue weighted by Crippen LogP contribution is 2.24. The number of carbonyl (C=O) groups excluding carboxylic acids is 2. The third-order valence-electron chi connectivity index (χ3n) is 5.72. The molecule has 0 saturated carbocycles. The van der Waals surface area contributed by atoms with Crippen molar-refractivity contribution in [1.29, 1.82) is 0 Å². The summed E-state index contributed by atoms with van der Waals surface area (Å²) in [4.78, 5) is 28.3. The summed E-state index contributed by atoms with van der Waals surface area (Å²) < 4.78 is 6.07. The highest BCUT2D eigenvalue weighted by atomic mass is 16.5. The normalized spacial score (nSPS) is 17.2. The number of fused-ring (bicyclic) bond motifs is 1. The zero-order chi connectivity index (χ0) is 23.5. The van der Waals surface area contributed by atoms with Gasteiger partial charge in [0.15, 0.2) is 0 Å². The van der Waals surface area contributed by atoms with Gasteiger partial charge in [-0.2, -0.15) is 0 Å². The summed E-state index contributed by atoms with van der Waals surface area (Å²) in [5, 5.41) is 21.5. The van der Waals surface area contributed by atoms with Crippen LogP contribution in [0.2, 0.25) is 0 Å². The van der Waals surface area contributed by atoms with Crippen LogP contribution < -0.4 is 10.1 Å². The first kappa shape index (κ1) is 26.1. The molecule has 0 aliphatic carbocycles. The Balaban J connectivity index is 2.13. The largest absolute Gasteiger partial charge is 0.493 e. The lowest BCUT2D eigenvalue weighted by Crippen LogP contribution is -2.40. The number of benzene rings is 1. The Labute approximate surface area is 191 Å². The molecule has 3 N–H and O–H groups in total. The summed E-state index contributed by atoms with van der Waals surface area (Å²) in [7, 11) is 1.63. The average molecular weight is 450 g/mol. The Morgan fingerprint density at radius 1 is 1.25 bits per heavy atom. The average Bonchev–Trinajstić information content (AvgIpc) is 2.77. The highest BCUT2D eigenvalue weighted by Gasteiger charge is 2.18. The van der Waals surface area contributed by atoms with Crippen molar-refractivity contribution >= 4 is 11.8 Å². The van der Waals surface area contributed by atoms with Gasteiger partial charge in [-0.1, -0.05) is 12.1 Å². The number of hydrogen-bond acceptors (Lipinski definition) is 6. The molecule has 0 bridgehead atoms. The standard InChI is InChI=1S/C24H39N3O5/c1-18(2)27-14-20-13-19(8-10-24(31)26(3)15-21(29)17-28)7-9-22(20)32-12-6-4-5-11-25-23(30)16-27/h7,9,13,18,21,28-29H,4-6,8,10-12,14-17H2,1-3H3,(H,25,30). The molecule has 2 rings (SSSR count). The van der Waals surface area contributed by atoms with E-state index in [2.05, 4.69) is 30.1 Å². The predicted octanol–water partition coefficient (Wildman–Crippen LogP) is 1.32. The monoisotopic (exact) mass is 449 g/mol. The van der Waals surface area contributed by atoms with Gasteiger partial charge in [-0.15, -0.1) is 0 Å². The molecule has 1 aliphatic heterocycles. The molecule has 0 saturated heterocycles. The molecular formula is C24H39N3O5. The minimum Gasteiger partial charge on any atom is -0.493 e. The molecule has 8 heteroatoms. The first-order valence-corrected chi connectivity index (χ1v) is 11.6. The minimum atomic E-state index is -0.928. The van der Waals surface area contributed by atoms with Crippen LogP contribution in [-0.4, -0.2) is 83.9 Å². The third-order valence-corrected chi connectivity index (χ3v) is 5.72. The number of nitrogens with zero attached hydrogens (tertiary/aromatic N) is 2. The number of carbonyl (C=O) groups is 2. The first-order chi connectivity index (χ1) is 15.3. The molecule has 32 heavy (non-hydrogen) atoms. The van der Waals surface area contributed by atoms with Crippen LogP contribution in [0.5, 0.6) is 5.75 Å². The van der Waals surface area contributed by atoms with Crippen LogP contribution in [0.15, 0.2) is 18.2 Å². The molecule has 8 nitrogen and oxygen atoms in total. The van der Waals surface area contributed by atoms with Crippen LogP contribution in [0, 0.1) is 0 Å². The summed E-state index contributed by atoms with van der Waals surface area (Å²) in [5.41, 5.74) is 2.04. The lowest BCUT2D eigenvalue weighted by Gasteiger charge is -2.27. The van der Waals surface area contributed by atoms with E-state index in [-0.39, 0.29) is 31.0 Å². The highest BCUT2D eigenvalue weighted by molar-refractivity contribution is 5.78. The van der Waals surface area contributed by atoms with Gasteiger partial charge in [-0.3, -0.25) is 14.5 Å². The molecule has 1 aromatic rings. The van der Waals surface area contributed by atoms with E-state index in [1.54, 1.807) is 7.05 Å². The number of amides is 2. The van der Waals surface area contributed by atoms with Gasteiger partial charge in [0.05, 0.1) is 25.9 Å². The minimum absolute atomic E-state index is 0.0373. The second kappa shape index (κ2) is 13.4. The van der Waals surface area contributed by atoms with Crippen molar-refractivity contribution < 1.29 is 24.5 Å². The summed E-state index contributed by atoms with van der Waals surface area (Å²) in [6.45, 7) is 6.14. The van der Waals surface area contributed by atoms with Crippen molar-refractivity contribution in [3.63, 3.8) is 0 Å². The molecule has 0 radical (unpaired) electrons. The molecule has 1 heterocycles. The predicted molar refractivity (Wildman–Crippen MR) is 123 cm³/mol. The van der Waals surface area contributed by atoms with Crippen LogP contribution in [-0.2, 0) is 22.6 Å². The fourth-order valence-corrected chi connectivity index (χ4v) is 3.66. The van der Waals surface area contributed by atoms with Gasteiger partial charge in [0.1, 0.15) is 5.75 Å². The Kier molecular flexibility index (Phi) is 10.9. The fourth-order valence-electron chi connectivity index (χ4n) is 3.66. The molecule has 0 aromatic heterocycles. The number of ether oxygens (including phenoxy) is 1. The fraction of sp³-hybridized carbons (Fsp3) is 0.667. The molecule has 0 fully saturated rings. The number of aliphatic hydroxyl groups excluding tert-OH is 2. The number of likely N-dealkylation sites (N-methyl/N-ethyl adjacent to an activating group) is 1. The van der Waals surface area contributed by atoms with Crippen molar-refractivity contribution in [3.05, 3.63) is 29.3 Å². The van der Waals surface area contributed by atoms with Crippen LogP contribution in [0.25, 0.3) is 0 Å². The summed E-state index contributed by atoms with van der Waals surface area (Å²) >= 11 is 0. The van der Waals surface area contributed by atoms with Crippen LogP contribution in [0.4, 0.5) is 0 Å². The van der Waals surface area contributed by atoms with Crippen molar-refractivity contribution in [2.24, 2.45) is 0 Å². The van der Waals surface area contributed by atoms with Crippen LogP contribution in [0.1, 0.15) is 50.7 Å². The molecule has 1 atom stereocenters. The Morgan fingerprint density at radius 3 is 2.75 bits per heavy atom. The van der Waals surface area contributed by atoms with Crippen molar-refractivity contribution in [2.45, 2.75) is 64.6 Å². The molecule has 180 valence electrons. The van der Waals surface area contributed by atoms with Crippen molar-refractivity contribution in [2.75, 3.05) is 39.9 Å². The summed E-state index contributed by atoms with van der Waals surface area (Å²) in [6, 6.07) is 6.21. The van der Waals surface area contributed by atoms with E-state index in [9.17, 15) is 14.7 Å². The van der Waals surface area contributed by atoms with E-state index >= 15 is 0 Å². The number of aryl methyl sites for hydroxylation is 1. The Morgan fingerprint density at radius 2 is 2.03 bits per heavy atom. The van der Waals surface area contributed by atoms with Gasteiger partial charge >= 0.3 is 0 Å². The van der Waals surface area contributed by atoms with E-state index in [0.29, 0.717) is 39.1 Å². The van der Waals surface area contributed by atoms with Gasteiger partial charge in [0.2, 0.25) is 11.8 Å². The van der Waals surface area contributed by atoms with Gasteiger partial charge in [-0.05, 0) is 51.2 Å². The van der Waals surface area contributed by atoms with Gasteiger partial charge in [0.25, 0.3) is 0 Å². The maximum absolute atomic E-state index is 12.4. The number of rotatable bonds is 7. The molecule has 1 aliphatic rings. The van der Waals surface area contributed by atoms with Gasteiger partial charge < -0.3 is 25.2 Å². The smallest absolute Gasteiger partial charge is 0.234 e. The Bertz CT molecular complexity index is 740. The first-order valence-electron chi connectivity index (χ1n) is 11.6. The second-order valence-corrected chi connectivity index (χ2v) is 8.81. The summed E-state index contributed by atoms with van der Waals surface area (Å²) in [6.07, 6.45) is 2.83. The number of aliphatic hydroxyl groups is 2. The molecule has 0 spiro atoms. The topological polar surface area (TPSA) is 102 Å². The van der Waals surface area contributed by atoms with Crippen LogP contribution in [0.3, 0.4) is 0 Å². The number of hydrogen-bond donors (Lipinski definition) is 3. The quantitative estimate of drug-likeness (QED) is 0.580. The van der Waals surface area contributed by atoms with E-state index in [0.717, 1.165) is 36.1 Å². The van der Waals surface area contributed by atoms with Gasteiger partial charge in [-0.25, -0.2) is 0 Å². The van der Waals surface area contributed by atoms with E-state index in [4.69, 9.17) is 9.84 Å². The lowest BCUT2D eigenvalue weighted by molar-refractivity contribution is -0.131. The van der Waals surface area contributed by atoms with Gasteiger partial charge in [0, 0.05) is 44.7 Å². The van der Waals surface area contributed by atoms with Crippen LogP contribution >= 0.6 is 0 Å². The zero-order valence-corrected chi connectivity index (χ0v) is 19.7. The van der Waals surface area contributed by atoms with Crippen molar-refractivity contribution in [1.82, 2.24) is 15.1 Å². The van der Waals surface area contributed by atoms with E-state index in [1.807, 2.05) is 12.1 Å². The number of nitrogens with one attached hydrogen (secondary N) is 1. The molecule has 1 unspecified atom stereocenters. The zero-order valence-electron chi connectivity index (χ0n) is 19.7.